The Hall–Kier alpha value is -1.58. The van der Waals surface area contributed by atoms with Gasteiger partial charge in [0, 0.05) is 12.7 Å². The molecule has 0 aromatic carbocycles. The molecular formula is C13H18N2O2. The maximum atomic E-state index is 12.1. The summed E-state index contributed by atoms with van der Waals surface area (Å²) in [4.78, 5) is 18.1. The van der Waals surface area contributed by atoms with Crippen molar-refractivity contribution in [2.75, 3.05) is 11.9 Å². The van der Waals surface area contributed by atoms with E-state index < -0.39 is 5.60 Å². The first kappa shape index (κ1) is 11.9. The van der Waals surface area contributed by atoms with E-state index in [2.05, 4.69) is 18.8 Å². The van der Waals surface area contributed by atoms with Crippen LogP contribution in [0.15, 0.2) is 12.1 Å². The second-order valence-corrected chi connectivity index (χ2v) is 5.19. The number of anilines is 1. The molecule has 0 aliphatic carbocycles. The fourth-order valence-electron chi connectivity index (χ4n) is 1.91. The minimum absolute atomic E-state index is 0.0709. The van der Waals surface area contributed by atoms with Gasteiger partial charge < -0.3 is 4.74 Å². The third-order valence-electron chi connectivity index (χ3n) is 2.95. The first-order chi connectivity index (χ1) is 7.83. The van der Waals surface area contributed by atoms with Crippen LogP contribution in [0.25, 0.3) is 0 Å². The van der Waals surface area contributed by atoms with E-state index in [9.17, 15) is 4.79 Å². The number of fused-ring (bicyclic) bond motifs is 1. The molecule has 0 bridgehead atoms. The summed E-state index contributed by atoms with van der Waals surface area (Å²) in [5.41, 5.74) is 0.148. The fourth-order valence-corrected chi connectivity index (χ4v) is 1.91. The third kappa shape index (κ3) is 1.88. The molecule has 2 heterocycles. The van der Waals surface area contributed by atoms with Crippen molar-refractivity contribution in [1.29, 1.82) is 0 Å². The van der Waals surface area contributed by atoms with Gasteiger partial charge >= 0.3 is 0 Å². The van der Waals surface area contributed by atoms with Crippen molar-refractivity contribution in [2.24, 2.45) is 0 Å². The van der Waals surface area contributed by atoms with Crippen LogP contribution in [0.2, 0.25) is 0 Å². The number of hydrogen-bond donors (Lipinski definition) is 0. The Morgan fingerprint density at radius 2 is 2.00 bits per heavy atom. The van der Waals surface area contributed by atoms with E-state index in [0.717, 1.165) is 5.69 Å². The molecule has 1 amide bonds. The number of carbonyl (C=O) groups excluding carboxylic acids is 1. The number of likely N-dealkylation sites (N-methyl/N-ethyl adjacent to an activating group) is 1. The highest BCUT2D eigenvalue weighted by molar-refractivity contribution is 6.00. The number of ether oxygens (including phenoxy) is 1. The average Bonchev–Trinajstić information content (AvgIpc) is 2.25. The van der Waals surface area contributed by atoms with Gasteiger partial charge in [-0.25, -0.2) is 4.98 Å². The van der Waals surface area contributed by atoms with Crippen molar-refractivity contribution < 1.29 is 9.53 Å². The molecule has 1 aliphatic heterocycles. The normalized spacial score (nSPS) is 18.0. The average molecular weight is 234 g/mol. The van der Waals surface area contributed by atoms with Gasteiger partial charge in [0.25, 0.3) is 5.91 Å². The molecule has 4 nitrogen and oxygen atoms in total. The number of nitrogens with zero attached hydrogens (tertiary/aromatic N) is 2. The van der Waals surface area contributed by atoms with Gasteiger partial charge in [0.1, 0.15) is 0 Å². The summed E-state index contributed by atoms with van der Waals surface area (Å²) in [6.45, 7) is 7.69. The number of amides is 1. The Kier molecular flexibility index (Phi) is 2.60. The van der Waals surface area contributed by atoms with Gasteiger partial charge in [-0.3, -0.25) is 9.69 Å². The zero-order valence-electron chi connectivity index (χ0n) is 10.9. The molecule has 1 aromatic rings. The van der Waals surface area contributed by atoms with Gasteiger partial charge in [-0.05, 0) is 31.9 Å². The largest absolute Gasteiger partial charge is 0.474 e. The molecule has 92 valence electrons. The van der Waals surface area contributed by atoms with Crippen molar-refractivity contribution in [3.63, 3.8) is 0 Å². The van der Waals surface area contributed by atoms with Crippen LogP contribution in [0, 0.1) is 0 Å². The summed E-state index contributed by atoms with van der Waals surface area (Å²) in [6.07, 6.45) is 0. The van der Waals surface area contributed by atoms with E-state index in [1.54, 1.807) is 25.8 Å². The van der Waals surface area contributed by atoms with Crippen molar-refractivity contribution >= 4 is 11.7 Å². The number of pyridine rings is 1. The van der Waals surface area contributed by atoms with Crippen LogP contribution in [0.5, 0.6) is 5.75 Å². The molecule has 0 spiro atoms. The lowest BCUT2D eigenvalue weighted by molar-refractivity contribution is -0.132. The first-order valence-electron chi connectivity index (χ1n) is 5.81. The van der Waals surface area contributed by atoms with Crippen molar-refractivity contribution in [2.45, 2.75) is 39.2 Å². The summed E-state index contributed by atoms with van der Waals surface area (Å²) in [7, 11) is 1.74. The molecule has 0 saturated carbocycles. The zero-order chi connectivity index (χ0) is 12.8. The quantitative estimate of drug-likeness (QED) is 0.749. The predicted octanol–water partition coefficient (Wildman–Crippen LogP) is 2.34. The molecular weight excluding hydrogens is 216 g/mol. The van der Waals surface area contributed by atoms with E-state index in [0.29, 0.717) is 17.5 Å². The smallest absolute Gasteiger partial charge is 0.271 e. The molecule has 0 N–H and O–H groups in total. The molecule has 0 radical (unpaired) electrons. The lowest BCUT2D eigenvalue weighted by atomic mass is 10.1. The van der Waals surface area contributed by atoms with Gasteiger partial charge in [-0.2, -0.15) is 0 Å². The SMILES string of the molecule is CC(C)c1ccc2c(n1)N(C)C(=O)C(C)(C)O2. The minimum Gasteiger partial charge on any atom is -0.474 e. The third-order valence-corrected chi connectivity index (χ3v) is 2.95. The maximum Gasteiger partial charge on any atom is 0.271 e. The van der Waals surface area contributed by atoms with E-state index in [1.807, 2.05) is 12.1 Å². The van der Waals surface area contributed by atoms with Crippen LogP contribution in [0.4, 0.5) is 5.82 Å². The number of aromatic nitrogens is 1. The van der Waals surface area contributed by atoms with Crippen LogP contribution < -0.4 is 9.64 Å². The lowest BCUT2D eigenvalue weighted by Gasteiger charge is -2.36. The number of carbonyl (C=O) groups is 1. The molecule has 1 aliphatic rings. The van der Waals surface area contributed by atoms with Gasteiger partial charge in [-0.15, -0.1) is 0 Å². The van der Waals surface area contributed by atoms with Gasteiger partial charge in [0.05, 0.1) is 0 Å². The maximum absolute atomic E-state index is 12.1. The van der Waals surface area contributed by atoms with E-state index in [1.165, 1.54) is 0 Å². The standard InChI is InChI=1S/C13H18N2O2/c1-8(2)9-6-7-10-11(14-9)15(5)12(16)13(3,4)17-10/h6-8H,1-5H3. The van der Waals surface area contributed by atoms with E-state index in [-0.39, 0.29) is 5.91 Å². The van der Waals surface area contributed by atoms with Crippen LogP contribution in [-0.2, 0) is 4.79 Å². The van der Waals surface area contributed by atoms with Crippen LogP contribution in [-0.4, -0.2) is 23.5 Å². The number of rotatable bonds is 1. The molecule has 17 heavy (non-hydrogen) atoms. The predicted molar refractivity (Wildman–Crippen MR) is 66.4 cm³/mol. The topological polar surface area (TPSA) is 42.4 Å². The molecule has 0 fully saturated rings. The molecule has 0 saturated heterocycles. The van der Waals surface area contributed by atoms with Gasteiger partial charge in [-0.1, -0.05) is 13.8 Å². The van der Waals surface area contributed by atoms with Crippen LogP contribution in [0.1, 0.15) is 39.3 Å². The van der Waals surface area contributed by atoms with Crippen molar-refractivity contribution in [3.8, 4) is 5.75 Å². The minimum atomic E-state index is -0.817. The summed E-state index contributed by atoms with van der Waals surface area (Å²) in [5.74, 6) is 1.54. The highest BCUT2D eigenvalue weighted by atomic mass is 16.5. The molecule has 0 atom stereocenters. The molecule has 4 heteroatoms. The Morgan fingerprint density at radius 1 is 1.35 bits per heavy atom. The summed E-state index contributed by atoms with van der Waals surface area (Å²) in [5, 5.41) is 0. The zero-order valence-corrected chi connectivity index (χ0v) is 10.9. The molecule has 2 rings (SSSR count). The highest BCUT2D eigenvalue weighted by Crippen LogP contribution is 2.36. The number of hydrogen-bond acceptors (Lipinski definition) is 3. The molecule has 0 unspecified atom stereocenters. The highest BCUT2D eigenvalue weighted by Gasteiger charge is 2.40. The monoisotopic (exact) mass is 234 g/mol. The summed E-state index contributed by atoms with van der Waals surface area (Å²) >= 11 is 0. The van der Waals surface area contributed by atoms with Crippen molar-refractivity contribution in [3.05, 3.63) is 17.8 Å². The fraction of sp³-hybridized carbons (Fsp3) is 0.538. The molecule has 1 aromatic heterocycles. The second-order valence-electron chi connectivity index (χ2n) is 5.19. The van der Waals surface area contributed by atoms with Crippen LogP contribution >= 0.6 is 0 Å². The lowest BCUT2D eigenvalue weighted by Crippen LogP contribution is -2.51. The summed E-state index contributed by atoms with van der Waals surface area (Å²) < 4.78 is 5.68. The van der Waals surface area contributed by atoms with E-state index >= 15 is 0 Å². The van der Waals surface area contributed by atoms with E-state index in [4.69, 9.17) is 4.74 Å². The Balaban J connectivity index is 2.50. The Bertz CT molecular complexity index is 466. The van der Waals surface area contributed by atoms with Gasteiger partial charge in [0.15, 0.2) is 17.2 Å². The van der Waals surface area contributed by atoms with Gasteiger partial charge in [0.2, 0.25) is 0 Å². The Labute approximate surface area is 102 Å². The first-order valence-corrected chi connectivity index (χ1v) is 5.81. The Morgan fingerprint density at radius 3 is 2.59 bits per heavy atom. The summed E-state index contributed by atoms with van der Waals surface area (Å²) in [6, 6.07) is 3.84. The van der Waals surface area contributed by atoms with Crippen molar-refractivity contribution in [1.82, 2.24) is 4.98 Å². The van der Waals surface area contributed by atoms with Crippen LogP contribution in [0.3, 0.4) is 0 Å². The second kappa shape index (κ2) is 3.72.